The lowest BCUT2D eigenvalue weighted by atomic mass is 10.1. The van der Waals surface area contributed by atoms with Crippen LogP contribution in [0.3, 0.4) is 0 Å². The smallest absolute Gasteiger partial charge is 0.419 e. The van der Waals surface area contributed by atoms with Gasteiger partial charge in [0.2, 0.25) is 0 Å². The minimum atomic E-state index is -5.13. The lowest BCUT2D eigenvalue weighted by Gasteiger charge is -2.26. The van der Waals surface area contributed by atoms with Crippen molar-refractivity contribution in [2.45, 2.75) is 24.3 Å². The SMILES string of the molecule is C=CCS(=O)(=O)c1nc(N(Cc2ccc(OC)cc2)Cc2ccc(OC)cc2)c(F)cc1C(F)(F)F. The number of alkyl halides is 3. The molecule has 2 aromatic carbocycles. The highest BCUT2D eigenvalue weighted by Crippen LogP contribution is 2.37. The lowest BCUT2D eigenvalue weighted by Crippen LogP contribution is -2.27. The number of aromatic nitrogens is 1. The molecule has 3 aromatic rings. The highest BCUT2D eigenvalue weighted by Gasteiger charge is 2.40. The first kappa shape index (κ1) is 27.0. The maximum absolute atomic E-state index is 15.2. The summed E-state index contributed by atoms with van der Waals surface area (Å²) in [6.07, 6.45) is -4.18. The van der Waals surface area contributed by atoms with Gasteiger partial charge in [-0.3, -0.25) is 0 Å². The van der Waals surface area contributed by atoms with E-state index in [1.54, 1.807) is 48.5 Å². The van der Waals surface area contributed by atoms with Crippen molar-refractivity contribution in [1.29, 1.82) is 0 Å². The second kappa shape index (κ2) is 11.0. The van der Waals surface area contributed by atoms with E-state index >= 15 is 4.39 Å². The second-order valence-corrected chi connectivity index (χ2v) is 9.72. The number of nitrogens with zero attached hydrogens (tertiary/aromatic N) is 2. The monoisotopic (exact) mass is 524 g/mol. The van der Waals surface area contributed by atoms with Gasteiger partial charge >= 0.3 is 6.18 Å². The molecule has 0 N–H and O–H groups in total. The molecule has 11 heteroatoms. The summed E-state index contributed by atoms with van der Waals surface area (Å²) in [6.45, 7) is 3.33. The van der Waals surface area contributed by atoms with E-state index in [0.717, 1.165) is 6.08 Å². The zero-order valence-electron chi connectivity index (χ0n) is 19.5. The maximum Gasteiger partial charge on any atom is 0.419 e. The molecule has 1 heterocycles. The van der Waals surface area contributed by atoms with Gasteiger partial charge in [0, 0.05) is 13.1 Å². The van der Waals surface area contributed by atoms with Crippen molar-refractivity contribution in [3.8, 4) is 11.5 Å². The van der Waals surface area contributed by atoms with E-state index in [1.807, 2.05) is 0 Å². The first-order valence-electron chi connectivity index (χ1n) is 10.6. The van der Waals surface area contributed by atoms with Gasteiger partial charge in [-0.2, -0.15) is 13.2 Å². The number of hydrogen-bond acceptors (Lipinski definition) is 6. The van der Waals surface area contributed by atoms with Crippen LogP contribution in [0.1, 0.15) is 16.7 Å². The molecular formula is C25H24F4N2O4S. The van der Waals surface area contributed by atoms with E-state index in [-0.39, 0.29) is 19.2 Å². The molecule has 0 unspecified atom stereocenters. The van der Waals surface area contributed by atoms with Crippen LogP contribution >= 0.6 is 0 Å². The first-order chi connectivity index (χ1) is 17.0. The molecule has 0 saturated carbocycles. The molecule has 0 aliphatic rings. The van der Waals surface area contributed by atoms with Crippen molar-refractivity contribution in [3.63, 3.8) is 0 Å². The fourth-order valence-electron chi connectivity index (χ4n) is 3.47. The van der Waals surface area contributed by atoms with Gasteiger partial charge < -0.3 is 14.4 Å². The van der Waals surface area contributed by atoms with Crippen LogP contribution < -0.4 is 14.4 Å². The summed E-state index contributed by atoms with van der Waals surface area (Å²) in [6, 6.07) is 13.7. The number of halogens is 4. The summed E-state index contributed by atoms with van der Waals surface area (Å²) in [7, 11) is -1.54. The van der Waals surface area contributed by atoms with Gasteiger partial charge in [0.15, 0.2) is 26.5 Å². The van der Waals surface area contributed by atoms with Crippen molar-refractivity contribution in [3.05, 3.63) is 89.8 Å². The van der Waals surface area contributed by atoms with Crippen LogP contribution in [0.2, 0.25) is 0 Å². The molecule has 1 aromatic heterocycles. The topological polar surface area (TPSA) is 68.7 Å². The fourth-order valence-corrected chi connectivity index (χ4v) is 4.67. The van der Waals surface area contributed by atoms with Gasteiger partial charge in [-0.25, -0.2) is 17.8 Å². The van der Waals surface area contributed by atoms with Gasteiger partial charge in [-0.1, -0.05) is 30.3 Å². The molecule has 0 amide bonds. The predicted molar refractivity (Wildman–Crippen MR) is 127 cm³/mol. The van der Waals surface area contributed by atoms with Gasteiger partial charge in [0.25, 0.3) is 0 Å². The largest absolute Gasteiger partial charge is 0.497 e. The average molecular weight is 525 g/mol. The Kier molecular flexibility index (Phi) is 8.24. The van der Waals surface area contributed by atoms with E-state index in [2.05, 4.69) is 11.6 Å². The van der Waals surface area contributed by atoms with Crippen molar-refractivity contribution in [1.82, 2.24) is 4.98 Å². The van der Waals surface area contributed by atoms with Crippen LogP contribution in [0.15, 0.2) is 72.3 Å². The summed E-state index contributed by atoms with van der Waals surface area (Å²) in [5, 5.41) is -1.25. The van der Waals surface area contributed by atoms with Crippen molar-refractivity contribution >= 4 is 15.7 Å². The molecule has 0 aliphatic carbocycles. The number of hydrogen-bond donors (Lipinski definition) is 0. The first-order valence-corrected chi connectivity index (χ1v) is 12.3. The van der Waals surface area contributed by atoms with E-state index < -0.39 is 44.0 Å². The average Bonchev–Trinajstić information content (AvgIpc) is 2.83. The van der Waals surface area contributed by atoms with Crippen molar-refractivity contribution in [2.75, 3.05) is 24.9 Å². The number of rotatable bonds is 10. The van der Waals surface area contributed by atoms with Gasteiger partial charge in [0.1, 0.15) is 11.5 Å². The number of ether oxygens (including phenoxy) is 2. The standard InChI is InChI=1S/C25H24F4N2O4S/c1-4-13-36(32,33)24-21(25(27,28)29)14-22(26)23(30-24)31(15-17-5-9-19(34-2)10-6-17)16-18-7-11-20(35-3)12-8-18/h4-12,14H,1,13,15-16H2,2-3H3. The Morgan fingerprint density at radius 2 is 1.42 bits per heavy atom. The Balaban J connectivity index is 2.15. The van der Waals surface area contributed by atoms with Crippen LogP contribution in [0.25, 0.3) is 0 Å². The molecule has 0 bridgehead atoms. The van der Waals surface area contributed by atoms with Crippen molar-refractivity contribution in [2.24, 2.45) is 0 Å². The summed E-state index contributed by atoms with van der Waals surface area (Å²) in [4.78, 5) is 5.10. The van der Waals surface area contributed by atoms with E-state index in [1.165, 1.54) is 19.1 Å². The van der Waals surface area contributed by atoms with E-state index in [9.17, 15) is 21.6 Å². The zero-order valence-corrected chi connectivity index (χ0v) is 20.4. The molecule has 0 spiro atoms. The number of pyridine rings is 1. The highest BCUT2D eigenvalue weighted by molar-refractivity contribution is 7.91. The summed E-state index contributed by atoms with van der Waals surface area (Å²) in [5.41, 5.74) is -0.332. The van der Waals surface area contributed by atoms with E-state index in [4.69, 9.17) is 9.47 Å². The molecule has 3 rings (SSSR count). The van der Waals surface area contributed by atoms with Crippen LogP contribution in [-0.4, -0.2) is 33.4 Å². The lowest BCUT2D eigenvalue weighted by molar-refractivity contribution is -0.140. The Morgan fingerprint density at radius 1 is 0.944 bits per heavy atom. The van der Waals surface area contributed by atoms with Crippen LogP contribution in [0.4, 0.5) is 23.4 Å². The normalized spacial score (nSPS) is 11.7. The zero-order chi connectivity index (χ0) is 26.5. The number of methoxy groups -OCH3 is 2. The quantitative estimate of drug-likeness (QED) is 0.261. The molecule has 0 fully saturated rings. The van der Waals surface area contributed by atoms with Crippen molar-refractivity contribution < 1.29 is 35.5 Å². The maximum atomic E-state index is 15.2. The fraction of sp³-hybridized carbons (Fsp3) is 0.240. The third kappa shape index (κ3) is 6.34. The summed E-state index contributed by atoms with van der Waals surface area (Å²) < 4.78 is 91.6. The Morgan fingerprint density at radius 3 is 1.81 bits per heavy atom. The number of anilines is 1. The Labute approximate surface area is 206 Å². The Bertz CT molecular complexity index is 1260. The molecule has 0 radical (unpaired) electrons. The predicted octanol–water partition coefficient (Wildman–Crippen LogP) is 5.42. The molecule has 6 nitrogen and oxygen atoms in total. The third-order valence-corrected chi connectivity index (χ3v) is 6.80. The highest BCUT2D eigenvalue weighted by atomic mass is 32.2. The molecule has 0 saturated heterocycles. The molecule has 0 aliphatic heterocycles. The second-order valence-electron chi connectivity index (χ2n) is 7.77. The summed E-state index contributed by atoms with van der Waals surface area (Å²) >= 11 is 0. The number of benzene rings is 2. The minimum absolute atomic E-state index is 0.0201. The van der Waals surface area contributed by atoms with Gasteiger partial charge in [0.05, 0.1) is 25.5 Å². The van der Waals surface area contributed by atoms with Gasteiger partial charge in [-0.15, -0.1) is 6.58 Å². The van der Waals surface area contributed by atoms with Crippen LogP contribution in [-0.2, 0) is 29.1 Å². The van der Waals surface area contributed by atoms with Crippen LogP contribution in [0, 0.1) is 5.82 Å². The summed E-state index contributed by atoms with van der Waals surface area (Å²) in [5.74, 6) is -1.46. The van der Waals surface area contributed by atoms with Crippen LogP contribution in [0.5, 0.6) is 11.5 Å². The molecule has 192 valence electrons. The minimum Gasteiger partial charge on any atom is -0.497 e. The molecule has 0 atom stereocenters. The third-order valence-electron chi connectivity index (χ3n) is 5.22. The molecule has 36 heavy (non-hydrogen) atoms. The van der Waals surface area contributed by atoms with Gasteiger partial charge in [-0.05, 0) is 41.5 Å². The van der Waals surface area contributed by atoms with E-state index in [0.29, 0.717) is 22.6 Å². The number of sulfone groups is 1. The molecular weight excluding hydrogens is 500 g/mol. The Hall–Kier alpha value is -3.60.